The molecule has 0 aliphatic rings. The number of esters is 2. The van der Waals surface area contributed by atoms with Crippen LogP contribution in [0, 0.1) is 0 Å². The Morgan fingerprint density at radius 2 is 1.07 bits per heavy atom. The molecule has 9 nitrogen and oxygen atoms in total. The second-order valence-electron chi connectivity index (χ2n) is 10.4. The van der Waals surface area contributed by atoms with E-state index >= 15 is 0 Å². The van der Waals surface area contributed by atoms with Crippen molar-refractivity contribution >= 4 is 36.2 Å². The Morgan fingerprint density at radius 3 is 1.47 bits per heavy atom. The fourth-order valence-electron chi connectivity index (χ4n) is 4.43. The molecule has 0 spiro atoms. The minimum atomic E-state index is -0.622. The Morgan fingerprint density at radius 1 is 0.651 bits per heavy atom. The van der Waals surface area contributed by atoms with Gasteiger partial charge < -0.3 is 36.3 Å². The highest BCUT2D eigenvalue weighted by atomic mass is 16.5. The third-order valence-electron chi connectivity index (χ3n) is 6.62. The van der Waals surface area contributed by atoms with Crippen LogP contribution in [-0.4, -0.2) is 52.6 Å². The molecular weight excluding hydrogens is 548 g/mol. The van der Waals surface area contributed by atoms with Crippen LogP contribution in [0.5, 0.6) is 17.2 Å². The van der Waals surface area contributed by atoms with Crippen LogP contribution in [0.3, 0.4) is 0 Å². The van der Waals surface area contributed by atoms with Gasteiger partial charge in [0.05, 0.1) is 13.2 Å². The molecule has 3 rings (SSSR count). The van der Waals surface area contributed by atoms with Crippen LogP contribution < -0.4 is 11.5 Å². The Bertz CT molecular complexity index is 1360. The molecule has 0 bridgehead atoms. The number of aromatic hydroxyl groups is 3. The summed E-state index contributed by atoms with van der Waals surface area (Å²) in [5, 5.41) is 30.5. The van der Waals surface area contributed by atoms with Crippen molar-refractivity contribution in [3.8, 4) is 17.2 Å². The number of hydrogen-bond donors (Lipinski definition) is 5. The highest BCUT2D eigenvalue weighted by molar-refractivity contribution is 5.79. The predicted molar refractivity (Wildman–Crippen MR) is 165 cm³/mol. The normalized spacial score (nSPS) is 12.8. The summed E-state index contributed by atoms with van der Waals surface area (Å²) >= 11 is 0. The average molecular weight is 591 g/mol. The fourth-order valence-corrected chi connectivity index (χ4v) is 4.43. The molecule has 0 saturated heterocycles. The molecule has 2 unspecified atom stereocenters. The summed E-state index contributed by atoms with van der Waals surface area (Å²) in [6.45, 7) is 4.52. The molecule has 0 heterocycles. The van der Waals surface area contributed by atoms with E-state index in [2.05, 4.69) is 11.5 Å². The zero-order valence-electron chi connectivity index (χ0n) is 24.8. The maximum absolute atomic E-state index is 12.2. The largest absolute Gasteiger partial charge is 0.508 e. The van der Waals surface area contributed by atoms with Gasteiger partial charge in [0.15, 0.2) is 12.1 Å². The number of quaternary nitrogens is 2. The molecule has 0 aromatic heterocycles. The lowest BCUT2D eigenvalue weighted by Crippen LogP contribution is -2.66. The van der Waals surface area contributed by atoms with Gasteiger partial charge in [-0.2, -0.15) is 0 Å². The minimum absolute atomic E-state index is 0.0756. The van der Waals surface area contributed by atoms with Gasteiger partial charge >= 0.3 is 11.9 Å². The highest BCUT2D eigenvalue weighted by Gasteiger charge is 2.22. The lowest BCUT2D eigenvalue weighted by Gasteiger charge is -2.11. The molecule has 0 radical (unpaired) electrons. The molecule has 228 valence electrons. The summed E-state index contributed by atoms with van der Waals surface area (Å²) < 4.78 is 10.4. The minimum Gasteiger partial charge on any atom is -0.508 e. The van der Waals surface area contributed by atoms with Crippen molar-refractivity contribution in [1.29, 1.82) is 0 Å². The summed E-state index contributed by atoms with van der Waals surface area (Å²) in [5.41, 5.74) is 12.4. The standard InChI is InChI=1S/C34H40N2O7/c1-3-13-42-33(40)31(35)20-26-18-28(37)11-9-24(26)7-5-22-15-23(17-30(39)16-22)6-8-25-10-12-29(38)19-27(25)21-32(36)34(41)43-14-4-2/h5-12,15-19,31-32,37-39H,3-4,13-14,20-21,35-36H2,1-2H3/p+2/b7-5+,8-6+. The lowest BCUT2D eigenvalue weighted by molar-refractivity contribution is -0.408. The maximum Gasteiger partial charge on any atom is 0.365 e. The number of carbonyl (C=O) groups excluding carboxylic acids is 2. The third-order valence-corrected chi connectivity index (χ3v) is 6.62. The fraction of sp³-hybridized carbons (Fsp3) is 0.294. The van der Waals surface area contributed by atoms with Gasteiger partial charge in [0.2, 0.25) is 0 Å². The summed E-state index contributed by atoms with van der Waals surface area (Å²) in [4.78, 5) is 24.5. The van der Waals surface area contributed by atoms with Crippen LogP contribution in [0.15, 0.2) is 54.6 Å². The number of rotatable bonds is 14. The second kappa shape index (κ2) is 16.1. The highest BCUT2D eigenvalue weighted by Crippen LogP contribution is 2.25. The van der Waals surface area contributed by atoms with Gasteiger partial charge in [0.25, 0.3) is 0 Å². The van der Waals surface area contributed by atoms with Crippen molar-refractivity contribution < 1.29 is 45.8 Å². The summed E-state index contributed by atoms with van der Waals surface area (Å²) in [5.74, 6) is -0.524. The first kappa shape index (κ1) is 32.9. The first-order valence-corrected chi connectivity index (χ1v) is 14.4. The number of phenols is 3. The van der Waals surface area contributed by atoms with Crippen molar-refractivity contribution in [3.05, 3.63) is 88.0 Å². The summed E-state index contributed by atoms with van der Waals surface area (Å²) in [6.07, 6.45) is 9.41. The predicted octanol–water partition coefficient (Wildman–Crippen LogP) is 3.36. The lowest BCUT2D eigenvalue weighted by atomic mass is 9.98. The van der Waals surface area contributed by atoms with Crippen LogP contribution in [-0.2, 0) is 31.9 Å². The molecule has 43 heavy (non-hydrogen) atoms. The van der Waals surface area contributed by atoms with Crippen LogP contribution >= 0.6 is 0 Å². The van der Waals surface area contributed by atoms with Gasteiger partial charge in [-0.25, -0.2) is 9.59 Å². The van der Waals surface area contributed by atoms with E-state index in [4.69, 9.17) is 9.47 Å². The van der Waals surface area contributed by atoms with E-state index in [0.717, 1.165) is 46.2 Å². The van der Waals surface area contributed by atoms with E-state index in [-0.39, 0.29) is 29.2 Å². The maximum atomic E-state index is 12.2. The summed E-state index contributed by atoms with van der Waals surface area (Å²) in [7, 11) is 0. The monoisotopic (exact) mass is 590 g/mol. The van der Waals surface area contributed by atoms with Gasteiger partial charge in [-0.3, -0.25) is 0 Å². The van der Waals surface area contributed by atoms with Crippen molar-refractivity contribution in [2.24, 2.45) is 0 Å². The molecule has 9 N–H and O–H groups in total. The van der Waals surface area contributed by atoms with E-state index in [1.807, 2.05) is 44.2 Å². The van der Waals surface area contributed by atoms with E-state index in [9.17, 15) is 24.9 Å². The number of ether oxygens (including phenoxy) is 2. The van der Waals surface area contributed by atoms with E-state index in [1.54, 1.807) is 48.5 Å². The number of carbonyl (C=O) groups is 2. The van der Waals surface area contributed by atoms with Crippen LogP contribution in [0.4, 0.5) is 0 Å². The number of phenolic OH excluding ortho intramolecular Hbond substituents is 3. The van der Waals surface area contributed by atoms with E-state index < -0.39 is 12.1 Å². The number of hydrogen-bond acceptors (Lipinski definition) is 7. The second-order valence-corrected chi connectivity index (χ2v) is 10.4. The molecular formula is C34H42N2O7+2. The van der Waals surface area contributed by atoms with Crippen LogP contribution in [0.2, 0.25) is 0 Å². The van der Waals surface area contributed by atoms with Gasteiger partial charge in [-0.05, 0) is 88.7 Å². The molecule has 9 heteroatoms. The molecule has 3 aromatic carbocycles. The van der Waals surface area contributed by atoms with Crippen molar-refractivity contribution in [2.45, 2.75) is 51.6 Å². The van der Waals surface area contributed by atoms with Crippen LogP contribution in [0.25, 0.3) is 24.3 Å². The Hall–Kier alpha value is -4.60. The molecule has 3 aromatic rings. The molecule has 0 aliphatic carbocycles. The van der Waals surface area contributed by atoms with Crippen LogP contribution in [0.1, 0.15) is 60.1 Å². The SMILES string of the molecule is CCCOC(=O)C([NH3+])Cc1cc(O)ccc1/C=C/c1cc(O)cc(/C=C/c2ccc(O)cc2CC([NH3+])C(=O)OCCC)c1. The van der Waals surface area contributed by atoms with Gasteiger partial charge in [-0.1, -0.05) is 50.3 Å². The molecule has 0 aliphatic heterocycles. The van der Waals surface area contributed by atoms with Gasteiger partial charge in [0, 0.05) is 12.8 Å². The van der Waals surface area contributed by atoms with Gasteiger partial charge in [-0.15, -0.1) is 0 Å². The summed E-state index contributed by atoms with van der Waals surface area (Å²) in [6, 6.07) is 13.8. The smallest absolute Gasteiger partial charge is 0.365 e. The molecule has 0 amide bonds. The van der Waals surface area contributed by atoms with Crippen molar-refractivity contribution in [1.82, 2.24) is 0 Å². The quantitative estimate of drug-likeness (QED) is 0.142. The topological polar surface area (TPSA) is 169 Å². The zero-order valence-corrected chi connectivity index (χ0v) is 24.8. The van der Waals surface area contributed by atoms with Crippen molar-refractivity contribution in [2.75, 3.05) is 13.2 Å². The average Bonchev–Trinajstić information content (AvgIpc) is 2.97. The van der Waals surface area contributed by atoms with Gasteiger partial charge in [0.1, 0.15) is 17.2 Å². The molecule has 2 atom stereocenters. The Kier molecular flexibility index (Phi) is 12.4. The first-order valence-electron chi connectivity index (χ1n) is 14.4. The van der Waals surface area contributed by atoms with E-state index in [0.29, 0.717) is 26.1 Å². The Balaban J connectivity index is 1.81. The Labute approximate surface area is 252 Å². The first-order chi connectivity index (χ1) is 20.6. The third kappa shape index (κ3) is 10.3. The van der Waals surface area contributed by atoms with E-state index in [1.165, 1.54) is 0 Å². The molecule has 0 saturated carbocycles. The number of benzene rings is 3. The molecule has 0 fully saturated rings. The van der Waals surface area contributed by atoms with Crippen molar-refractivity contribution in [3.63, 3.8) is 0 Å². The zero-order chi connectivity index (χ0) is 31.4.